The third-order valence-corrected chi connectivity index (χ3v) is 3.21. The molecule has 0 aromatic carbocycles. The van der Waals surface area contributed by atoms with Crippen LogP contribution in [0.4, 0.5) is 5.82 Å². The van der Waals surface area contributed by atoms with Crippen LogP contribution in [0.2, 0.25) is 0 Å². The number of nitrogens with zero attached hydrogens (tertiary/aromatic N) is 5. The summed E-state index contributed by atoms with van der Waals surface area (Å²) in [7, 11) is 3.47. The van der Waals surface area contributed by atoms with Crippen LogP contribution in [0.5, 0.6) is 5.75 Å². The van der Waals surface area contributed by atoms with Crippen LogP contribution in [0.15, 0.2) is 22.8 Å². The summed E-state index contributed by atoms with van der Waals surface area (Å²) < 4.78 is 7.17. The van der Waals surface area contributed by atoms with Gasteiger partial charge in [0.15, 0.2) is 21.7 Å². The number of aromatic nitrogens is 5. The van der Waals surface area contributed by atoms with E-state index in [1.165, 1.54) is 18.1 Å². The molecule has 96 valence electrons. The molecule has 1 N–H and O–H groups in total. The zero-order valence-corrected chi connectivity index (χ0v) is 11.2. The number of hydrogen-bond donors (Lipinski definition) is 1. The van der Waals surface area contributed by atoms with Crippen molar-refractivity contribution in [2.45, 2.75) is 17.1 Å². The number of methoxy groups -OCH3 is 1. The average molecular weight is 266 g/mol. The van der Waals surface area contributed by atoms with Crippen LogP contribution >= 0.6 is 11.8 Å². The maximum atomic E-state index is 5.35. The highest BCUT2D eigenvalue weighted by Crippen LogP contribution is 2.35. The molecule has 0 saturated heterocycles. The second-order valence-corrected chi connectivity index (χ2v) is 4.37. The molecule has 0 bridgehead atoms. The molecule has 0 aliphatic rings. The van der Waals surface area contributed by atoms with Gasteiger partial charge in [0.05, 0.1) is 7.11 Å². The van der Waals surface area contributed by atoms with Crippen molar-refractivity contribution in [1.82, 2.24) is 24.7 Å². The quantitative estimate of drug-likeness (QED) is 0.814. The molecule has 2 heterocycles. The van der Waals surface area contributed by atoms with Crippen LogP contribution in [0, 0.1) is 0 Å². The molecule has 18 heavy (non-hydrogen) atoms. The van der Waals surface area contributed by atoms with E-state index in [4.69, 9.17) is 4.74 Å². The molecule has 2 aromatic rings. The molecule has 0 aliphatic carbocycles. The highest BCUT2D eigenvalue weighted by molar-refractivity contribution is 7.99. The Balaban J connectivity index is 2.32. The van der Waals surface area contributed by atoms with Gasteiger partial charge in [0.2, 0.25) is 0 Å². The van der Waals surface area contributed by atoms with Crippen LogP contribution in [-0.2, 0) is 7.05 Å². The van der Waals surface area contributed by atoms with Gasteiger partial charge in [0.1, 0.15) is 12.7 Å². The summed E-state index contributed by atoms with van der Waals surface area (Å²) in [4.78, 5) is 8.36. The summed E-state index contributed by atoms with van der Waals surface area (Å²) in [6.07, 6.45) is 3.14. The third kappa shape index (κ3) is 2.53. The van der Waals surface area contributed by atoms with Gasteiger partial charge < -0.3 is 14.6 Å². The zero-order valence-electron chi connectivity index (χ0n) is 10.4. The summed E-state index contributed by atoms with van der Waals surface area (Å²) in [5, 5.41) is 12.4. The van der Waals surface area contributed by atoms with Gasteiger partial charge in [-0.05, 0) is 18.7 Å². The van der Waals surface area contributed by atoms with Crippen LogP contribution in [0.25, 0.3) is 0 Å². The normalized spacial score (nSPS) is 10.4. The largest absolute Gasteiger partial charge is 0.490 e. The van der Waals surface area contributed by atoms with Crippen molar-refractivity contribution in [3.05, 3.63) is 12.7 Å². The lowest BCUT2D eigenvalue weighted by atomic mass is 10.5. The number of nitrogens with one attached hydrogen (secondary N) is 1. The SMILES string of the molecule is CCNc1ncnc(Sc2nncn2C)c1OC. The number of rotatable bonds is 5. The van der Waals surface area contributed by atoms with Crippen LogP contribution in [0.1, 0.15) is 6.92 Å². The van der Waals surface area contributed by atoms with Gasteiger partial charge in [-0.2, -0.15) is 0 Å². The molecule has 0 fully saturated rings. The molecule has 7 nitrogen and oxygen atoms in total. The number of ether oxygens (including phenoxy) is 1. The zero-order chi connectivity index (χ0) is 13.0. The predicted octanol–water partition coefficient (Wildman–Crippen LogP) is 1.20. The molecule has 0 saturated carbocycles. The van der Waals surface area contributed by atoms with E-state index < -0.39 is 0 Å². The Morgan fingerprint density at radius 1 is 1.44 bits per heavy atom. The smallest absolute Gasteiger partial charge is 0.197 e. The van der Waals surface area contributed by atoms with Crippen molar-refractivity contribution in [2.75, 3.05) is 19.0 Å². The Labute approximate surface area is 109 Å². The second-order valence-electron chi connectivity index (χ2n) is 3.42. The molecular weight excluding hydrogens is 252 g/mol. The van der Waals surface area contributed by atoms with E-state index in [9.17, 15) is 0 Å². The first kappa shape index (κ1) is 12.6. The Morgan fingerprint density at radius 3 is 2.89 bits per heavy atom. The molecule has 0 radical (unpaired) electrons. The Hall–Kier alpha value is -1.83. The Morgan fingerprint density at radius 2 is 2.28 bits per heavy atom. The molecule has 2 rings (SSSR count). The van der Waals surface area contributed by atoms with Crippen molar-refractivity contribution in [3.8, 4) is 5.75 Å². The first-order valence-electron chi connectivity index (χ1n) is 5.41. The van der Waals surface area contributed by atoms with Crippen LogP contribution in [-0.4, -0.2) is 38.4 Å². The highest BCUT2D eigenvalue weighted by Gasteiger charge is 2.15. The first-order chi connectivity index (χ1) is 8.76. The lowest BCUT2D eigenvalue weighted by Gasteiger charge is -2.11. The molecule has 0 atom stereocenters. The highest BCUT2D eigenvalue weighted by atomic mass is 32.2. The second kappa shape index (κ2) is 5.67. The minimum absolute atomic E-state index is 0.618. The van der Waals surface area contributed by atoms with Gasteiger partial charge in [0, 0.05) is 13.6 Å². The van der Waals surface area contributed by atoms with E-state index in [1.807, 2.05) is 18.5 Å². The molecular formula is C10H14N6OS. The predicted molar refractivity (Wildman–Crippen MR) is 67.9 cm³/mol. The fraction of sp³-hybridized carbons (Fsp3) is 0.400. The lowest BCUT2D eigenvalue weighted by molar-refractivity contribution is 0.400. The van der Waals surface area contributed by atoms with Gasteiger partial charge in [-0.25, -0.2) is 9.97 Å². The topological polar surface area (TPSA) is 77.8 Å². The number of hydrogen-bond acceptors (Lipinski definition) is 7. The number of anilines is 1. The van der Waals surface area contributed by atoms with Crippen LogP contribution in [0.3, 0.4) is 0 Å². The lowest BCUT2D eigenvalue weighted by Crippen LogP contribution is -2.04. The molecule has 0 spiro atoms. The summed E-state index contributed by atoms with van der Waals surface area (Å²) in [6.45, 7) is 2.76. The van der Waals surface area contributed by atoms with Gasteiger partial charge >= 0.3 is 0 Å². The summed E-state index contributed by atoms with van der Waals surface area (Å²) in [5.74, 6) is 1.30. The fourth-order valence-electron chi connectivity index (χ4n) is 1.36. The maximum absolute atomic E-state index is 5.35. The minimum atomic E-state index is 0.618. The number of aryl methyl sites for hydroxylation is 1. The van der Waals surface area contributed by atoms with Gasteiger partial charge in [-0.15, -0.1) is 10.2 Å². The summed E-state index contributed by atoms with van der Waals surface area (Å²) >= 11 is 1.39. The standard InChI is InChI=1S/C10H14N6OS/c1-4-11-8-7(17-3)9(13-5-12-8)18-10-15-14-6-16(10)2/h5-6H,4H2,1-3H3,(H,11,12,13). The average Bonchev–Trinajstić information content (AvgIpc) is 2.76. The van der Waals surface area contributed by atoms with Crippen molar-refractivity contribution in [1.29, 1.82) is 0 Å². The molecule has 8 heteroatoms. The van der Waals surface area contributed by atoms with Crippen molar-refractivity contribution in [2.24, 2.45) is 7.05 Å². The maximum Gasteiger partial charge on any atom is 0.197 e. The monoisotopic (exact) mass is 266 g/mol. The summed E-state index contributed by atoms with van der Waals surface area (Å²) in [5.41, 5.74) is 0. The van der Waals surface area contributed by atoms with E-state index in [0.717, 1.165) is 11.7 Å². The van der Waals surface area contributed by atoms with Crippen molar-refractivity contribution < 1.29 is 4.74 Å². The third-order valence-electron chi connectivity index (χ3n) is 2.18. The molecule has 2 aromatic heterocycles. The van der Waals surface area contributed by atoms with Gasteiger partial charge in [-0.1, -0.05) is 0 Å². The van der Waals surface area contributed by atoms with E-state index in [0.29, 0.717) is 16.6 Å². The molecule has 0 aliphatic heterocycles. The van der Waals surface area contributed by atoms with Crippen molar-refractivity contribution in [3.63, 3.8) is 0 Å². The van der Waals surface area contributed by atoms with E-state index >= 15 is 0 Å². The van der Waals surface area contributed by atoms with Gasteiger partial charge in [0.25, 0.3) is 0 Å². The Bertz CT molecular complexity index is 529. The molecule has 0 unspecified atom stereocenters. The first-order valence-corrected chi connectivity index (χ1v) is 6.22. The van der Waals surface area contributed by atoms with E-state index in [1.54, 1.807) is 13.4 Å². The summed E-state index contributed by atoms with van der Waals surface area (Å²) in [6, 6.07) is 0. The van der Waals surface area contributed by atoms with E-state index in [-0.39, 0.29) is 0 Å². The molecule has 0 amide bonds. The van der Waals surface area contributed by atoms with Gasteiger partial charge in [-0.3, -0.25) is 0 Å². The fourth-order valence-corrected chi connectivity index (χ4v) is 2.18. The Kier molecular flexibility index (Phi) is 3.98. The van der Waals surface area contributed by atoms with E-state index in [2.05, 4.69) is 25.5 Å². The van der Waals surface area contributed by atoms with Crippen LogP contribution < -0.4 is 10.1 Å². The van der Waals surface area contributed by atoms with Crippen molar-refractivity contribution >= 4 is 17.6 Å². The minimum Gasteiger partial charge on any atom is -0.490 e.